The van der Waals surface area contributed by atoms with Crippen LogP contribution in [0.5, 0.6) is 0 Å². The number of carbonyl (C=O) groups is 1. The molecule has 2 fully saturated rings. The zero-order chi connectivity index (χ0) is 19.3. The molecule has 2 aliphatic rings. The number of pyridine rings is 1. The molecule has 0 unspecified atom stereocenters. The van der Waals surface area contributed by atoms with Gasteiger partial charge in [-0.05, 0) is 62.3 Å². The van der Waals surface area contributed by atoms with Crippen LogP contribution in [0.15, 0.2) is 48.7 Å². The van der Waals surface area contributed by atoms with Gasteiger partial charge in [0.1, 0.15) is 5.82 Å². The Hall–Kier alpha value is -2.40. The standard InChI is InChI=1S/C23H30N4O/c1-18-7-5-14-25-22(18)27(21-10-6-13-24-17-21)23(28)26-15-11-20(12-16-26)19-8-3-2-4-9-19/h2-5,7-9,14,20-21,24H,6,10-13,15-17H2,1H3/t21-/m1/s1. The molecule has 5 heteroatoms. The van der Waals surface area contributed by atoms with Crippen molar-refractivity contribution < 1.29 is 4.79 Å². The van der Waals surface area contributed by atoms with Crippen LogP contribution in [-0.4, -0.2) is 48.1 Å². The number of nitrogens with zero attached hydrogens (tertiary/aromatic N) is 3. The van der Waals surface area contributed by atoms with E-state index in [0.29, 0.717) is 5.92 Å². The van der Waals surface area contributed by atoms with Crippen LogP contribution in [0, 0.1) is 6.92 Å². The van der Waals surface area contributed by atoms with Crippen molar-refractivity contribution in [1.82, 2.24) is 15.2 Å². The third-order valence-electron chi connectivity index (χ3n) is 6.09. The zero-order valence-electron chi connectivity index (χ0n) is 16.7. The van der Waals surface area contributed by atoms with Crippen LogP contribution in [0.4, 0.5) is 10.6 Å². The molecule has 0 aliphatic carbocycles. The quantitative estimate of drug-likeness (QED) is 0.880. The first kappa shape index (κ1) is 18.9. The Bertz CT molecular complexity index is 780. The van der Waals surface area contributed by atoms with Gasteiger partial charge >= 0.3 is 6.03 Å². The number of aromatic nitrogens is 1. The van der Waals surface area contributed by atoms with E-state index in [2.05, 4.69) is 40.6 Å². The Morgan fingerprint density at radius 2 is 1.89 bits per heavy atom. The highest BCUT2D eigenvalue weighted by atomic mass is 16.2. The van der Waals surface area contributed by atoms with Crippen LogP contribution in [0.2, 0.25) is 0 Å². The number of anilines is 1. The average molecular weight is 379 g/mol. The molecule has 2 aliphatic heterocycles. The number of aryl methyl sites for hydroxylation is 1. The second-order valence-electron chi connectivity index (χ2n) is 7.97. The number of nitrogens with one attached hydrogen (secondary N) is 1. The van der Waals surface area contributed by atoms with Gasteiger partial charge in [0.05, 0.1) is 6.04 Å². The van der Waals surface area contributed by atoms with Crippen LogP contribution in [0.3, 0.4) is 0 Å². The summed E-state index contributed by atoms with van der Waals surface area (Å²) in [7, 11) is 0. The number of piperidine rings is 2. The maximum absolute atomic E-state index is 13.6. The molecule has 0 saturated carbocycles. The summed E-state index contributed by atoms with van der Waals surface area (Å²) in [5.41, 5.74) is 2.45. The van der Waals surface area contributed by atoms with Crippen LogP contribution >= 0.6 is 0 Å². The van der Waals surface area contributed by atoms with Crippen molar-refractivity contribution in [2.75, 3.05) is 31.1 Å². The second-order valence-corrected chi connectivity index (χ2v) is 7.97. The molecule has 1 atom stereocenters. The van der Waals surface area contributed by atoms with E-state index in [1.165, 1.54) is 5.56 Å². The van der Waals surface area contributed by atoms with Crippen molar-refractivity contribution in [3.05, 3.63) is 59.8 Å². The van der Waals surface area contributed by atoms with Crippen molar-refractivity contribution in [2.24, 2.45) is 0 Å². The van der Waals surface area contributed by atoms with Gasteiger partial charge in [0.15, 0.2) is 0 Å². The van der Waals surface area contributed by atoms with Crippen LogP contribution in [0.25, 0.3) is 0 Å². The van der Waals surface area contributed by atoms with Gasteiger partial charge in [-0.25, -0.2) is 9.78 Å². The average Bonchev–Trinajstić information content (AvgIpc) is 2.77. The van der Waals surface area contributed by atoms with E-state index in [0.717, 1.165) is 63.2 Å². The van der Waals surface area contributed by atoms with Crippen LogP contribution < -0.4 is 10.2 Å². The van der Waals surface area contributed by atoms with Crippen molar-refractivity contribution in [1.29, 1.82) is 0 Å². The number of carbonyl (C=O) groups excluding carboxylic acids is 1. The smallest absolute Gasteiger partial charge is 0.324 e. The molecule has 5 nitrogen and oxygen atoms in total. The summed E-state index contributed by atoms with van der Waals surface area (Å²) >= 11 is 0. The molecule has 3 heterocycles. The lowest BCUT2D eigenvalue weighted by Gasteiger charge is -2.40. The lowest BCUT2D eigenvalue weighted by Crippen LogP contribution is -2.55. The minimum Gasteiger partial charge on any atom is -0.324 e. The molecule has 2 amide bonds. The highest BCUT2D eigenvalue weighted by molar-refractivity contribution is 5.92. The number of amides is 2. The third-order valence-corrected chi connectivity index (χ3v) is 6.09. The molecular formula is C23H30N4O. The van der Waals surface area contributed by atoms with E-state index in [1.807, 2.05) is 28.9 Å². The summed E-state index contributed by atoms with van der Waals surface area (Å²) < 4.78 is 0. The fourth-order valence-electron chi connectivity index (χ4n) is 4.48. The highest BCUT2D eigenvalue weighted by Gasteiger charge is 2.33. The molecule has 28 heavy (non-hydrogen) atoms. The van der Waals surface area contributed by atoms with E-state index >= 15 is 0 Å². The lowest BCUT2D eigenvalue weighted by molar-refractivity contribution is 0.183. The molecule has 148 valence electrons. The second kappa shape index (κ2) is 8.74. The maximum atomic E-state index is 13.6. The first-order chi connectivity index (χ1) is 13.7. The Morgan fingerprint density at radius 1 is 1.11 bits per heavy atom. The molecule has 4 rings (SSSR count). The van der Waals surface area contributed by atoms with Gasteiger partial charge in [0.2, 0.25) is 0 Å². The molecule has 0 radical (unpaired) electrons. The molecule has 2 aromatic rings. The Kier molecular flexibility index (Phi) is 5.91. The SMILES string of the molecule is Cc1cccnc1N(C(=O)N1CCC(c2ccccc2)CC1)[C@@H]1CCCNC1. The zero-order valence-corrected chi connectivity index (χ0v) is 16.7. The van der Waals surface area contributed by atoms with Crippen LogP contribution in [-0.2, 0) is 0 Å². The van der Waals surface area contributed by atoms with Crippen molar-refractivity contribution in [3.63, 3.8) is 0 Å². The number of benzene rings is 1. The highest BCUT2D eigenvalue weighted by Crippen LogP contribution is 2.30. The van der Waals surface area contributed by atoms with Gasteiger partial charge in [-0.3, -0.25) is 4.90 Å². The van der Waals surface area contributed by atoms with Crippen molar-refractivity contribution >= 4 is 11.8 Å². The summed E-state index contributed by atoms with van der Waals surface area (Å²) in [6, 6.07) is 14.9. The number of rotatable bonds is 3. The van der Waals surface area contributed by atoms with Gasteiger partial charge in [-0.1, -0.05) is 36.4 Å². The fraction of sp³-hybridized carbons (Fsp3) is 0.478. The van der Waals surface area contributed by atoms with Gasteiger partial charge in [-0.2, -0.15) is 0 Å². The van der Waals surface area contributed by atoms with Crippen molar-refractivity contribution in [3.8, 4) is 0 Å². The molecular weight excluding hydrogens is 348 g/mol. The molecule has 0 spiro atoms. The molecule has 2 saturated heterocycles. The summed E-state index contributed by atoms with van der Waals surface area (Å²) in [4.78, 5) is 22.2. The number of hydrogen-bond acceptors (Lipinski definition) is 3. The first-order valence-electron chi connectivity index (χ1n) is 10.5. The largest absolute Gasteiger partial charge is 0.325 e. The predicted octanol–water partition coefficient (Wildman–Crippen LogP) is 3.95. The molecule has 0 bridgehead atoms. The van der Waals surface area contributed by atoms with E-state index in [1.54, 1.807) is 6.20 Å². The van der Waals surface area contributed by atoms with Gasteiger partial charge < -0.3 is 10.2 Å². The third kappa shape index (κ3) is 4.04. The molecule has 1 N–H and O–H groups in total. The lowest BCUT2D eigenvalue weighted by atomic mass is 9.89. The molecule has 1 aromatic carbocycles. The normalized spacial score (nSPS) is 20.8. The first-order valence-corrected chi connectivity index (χ1v) is 10.5. The van der Waals surface area contributed by atoms with Gasteiger partial charge in [-0.15, -0.1) is 0 Å². The Labute approximate surface area is 167 Å². The van der Waals surface area contributed by atoms with Crippen LogP contribution in [0.1, 0.15) is 42.7 Å². The summed E-state index contributed by atoms with van der Waals surface area (Å²) in [5, 5.41) is 3.45. The van der Waals surface area contributed by atoms with Gasteiger partial charge in [0, 0.05) is 25.8 Å². The fourth-order valence-corrected chi connectivity index (χ4v) is 4.48. The minimum atomic E-state index is 0.113. The summed E-state index contributed by atoms with van der Waals surface area (Å²) in [6.07, 6.45) is 5.95. The van der Waals surface area contributed by atoms with E-state index in [4.69, 9.17) is 0 Å². The molecule has 1 aromatic heterocycles. The van der Waals surface area contributed by atoms with Crippen molar-refractivity contribution in [2.45, 2.75) is 44.6 Å². The Balaban J connectivity index is 1.50. The van der Waals surface area contributed by atoms with Gasteiger partial charge in [0.25, 0.3) is 0 Å². The minimum absolute atomic E-state index is 0.113. The Morgan fingerprint density at radius 3 is 2.57 bits per heavy atom. The maximum Gasteiger partial charge on any atom is 0.325 e. The number of hydrogen-bond donors (Lipinski definition) is 1. The summed E-state index contributed by atoms with van der Waals surface area (Å²) in [6.45, 7) is 5.52. The van der Waals surface area contributed by atoms with E-state index < -0.39 is 0 Å². The predicted molar refractivity (Wildman–Crippen MR) is 113 cm³/mol. The summed E-state index contributed by atoms with van der Waals surface area (Å²) in [5.74, 6) is 1.36. The topological polar surface area (TPSA) is 48.5 Å². The number of urea groups is 1. The monoisotopic (exact) mass is 378 g/mol. The van der Waals surface area contributed by atoms with E-state index in [-0.39, 0.29) is 12.1 Å². The van der Waals surface area contributed by atoms with E-state index in [9.17, 15) is 4.79 Å². The number of likely N-dealkylation sites (tertiary alicyclic amines) is 1.